The highest BCUT2D eigenvalue weighted by Gasteiger charge is 2.13. The van der Waals surface area contributed by atoms with E-state index in [9.17, 15) is 4.79 Å². The Morgan fingerprint density at radius 1 is 0.767 bits per heavy atom. The van der Waals surface area contributed by atoms with Crippen LogP contribution in [0.3, 0.4) is 0 Å². The van der Waals surface area contributed by atoms with Crippen molar-refractivity contribution >= 4 is 17.9 Å². The molecule has 2 aromatic rings. The third-order valence-electron chi connectivity index (χ3n) is 4.43. The van der Waals surface area contributed by atoms with Crippen molar-refractivity contribution in [2.24, 2.45) is 0 Å². The van der Waals surface area contributed by atoms with Crippen LogP contribution in [-0.4, -0.2) is 40.8 Å². The van der Waals surface area contributed by atoms with E-state index < -0.39 is 0 Å². The summed E-state index contributed by atoms with van der Waals surface area (Å²) < 4.78 is 27.1. The number of benzene rings is 2. The molecule has 0 aliphatic rings. The molecule has 0 amide bonds. The van der Waals surface area contributed by atoms with Crippen molar-refractivity contribution < 1.29 is 28.5 Å². The van der Waals surface area contributed by atoms with Gasteiger partial charge >= 0.3 is 0 Å². The highest BCUT2D eigenvalue weighted by atomic mass is 16.5. The van der Waals surface area contributed by atoms with Gasteiger partial charge in [-0.3, -0.25) is 4.79 Å². The smallest absolute Gasteiger partial charge is 0.203 e. The minimum Gasteiger partial charge on any atom is -0.496 e. The molecule has 0 aromatic heterocycles. The first-order valence-electron chi connectivity index (χ1n) is 9.48. The maximum absolute atomic E-state index is 12.3. The van der Waals surface area contributed by atoms with Gasteiger partial charge in [0.2, 0.25) is 5.75 Å². The van der Waals surface area contributed by atoms with Crippen molar-refractivity contribution in [1.29, 1.82) is 0 Å². The Balaban J connectivity index is 2.22. The molecule has 2 aromatic carbocycles. The van der Waals surface area contributed by atoms with E-state index in [1.54, 1.807) is 52.7 Å². The van der Waals surface area contributed by atoms with Crippen LogP contribution in [0.4, 0.5) is 0 Å². The molecule has 0 aliphatic heterocycles. The van der Waals surface area contributed by atoms with E-state index in [0.29, 0.717) is 35.4 Å². The number of ether oxygens (including phenoxy) is 5. The van der Waals surface area contributed by atoms with Crippen LogP contribution >= 0.6 is 0 Å². The SMILES string of the molecule is CCOc1c(OC)cc(C=CC(=O)C=Cc2cc(OC)c(C)c(OC)c2)cc1OC. The lowest BCUT2D eigenvalue weighted by Crippen LogP contribution is -1.99. The van der Waals surface area contributed by atoms with Gasteiger partial charge in [0.05, 0.1) is 35.0 Å². The molecule has 30 heavy (non-hydrogen) atoms. The highest BCUT2D eigenvalue weighted by Crippen LogP contribution is 2.39. The summed E-state index contributed by atoms with van der Waals surface area (Å²) in [5.74, 6) is 2.85. The molecule has 6 heteroatoms. The summed E-state index contributed by atoms with van der Waals surface area (Å²) in [6.07, 6.45) is 6.39. The lowest BCUT2D eigenvalue weighted by molar-refractivity contribution is -0.110. The predicted octanol–water partition coefficient (Wildman–Crippen LogP) is 4.72. The van der Waals surface area contributed by atoms with Gasteiger partial charge < -0.3 is 23.7 Å². The molecule has 0 radical (unpaired) electrons. The van der Waals surface area contributed by atoms with E-state index >= 15 is 0 Å². The molecule has 0 atom stereocenters. The summed E-state index contributed by atoms with van der Waals surface area (Å²) in [7, 11) is 6.32. The number of ketones is 1. The third-order valence-corrected chi connectivity index (χ3v) is 4.43. The largest absolute Gasteiger partial charge is 0.496 e. The summed E-state index contributed by atoms with van der Waals surface area (Å²) in [5, 5.41) is 0. The van der Waals surface area contributed by atoms with Crippen LogP contribution in [0, 0.1) is 6.92 Å². The molecule has 0 heterocycles. The zero-order valence-electron chi connectivity index (χ0n) is 18.3. The lowest BCUT2D eigenvalue weighted by Gasteiger charge is -2.14. The van der Waals surface area contributed by atoms with Gasteiger partial charge in [0.25, 0.3) is 0 Å². The standard InChI is InChI=1S/C24H28O6/c1-7-30-24-22(28-5)14-18(15-23(24)29-6)9-11-19(25)10-8-17-12-20(26-3)16(2)21(13-17)27-4/h8-15H,7H2,1-6H3. The van der Waals surface area contributed by atoms with Crippen molar-refractivity contribution in [3.8, 4) is 28.7 Å². The number of carbonyl (C=O) groups excluding carboxylic acids is 1. The summed E-state index contributed by atoms with van der Waals surface area (Å²) in [6, 6.07) is 7.29. The van der Waals surface area contributed by atoms with Gasteiger partial charge in [0.15, 0.2) is 17.3 Å². The Kier molecular flexibility index (Phi) is 8.35. The number of hydrogen-bond donors (Lipinski definition) is 0. The molecule has 0 aliphatic carbocycles. The van der Waals surface area contributed by atoms with Crippen LogP contribution in [-0.2, 0) is 4.79 Å². The molecule has 6 nitrogen and oxygen atoms in total. The topological polar surface area (TPSA) is 63.2 Å². The summed E-state index contributed by atoms with van der Waals surface area (Å²) in [5.41, 5.74) is 2.47. The first kappa shape index (κ1) is 22.9. The average Bonchev–Trinajstić information content (AvgIpc) is 2.77. The molecular weight excluding hydrogens is 384 g/mol. The third kappa shape index (κ3) is 5.56. The van der Waals surface area contributed by atoms with Crippen LogP contribution < -0.4 is 23.7 Å². The summed E-state index contributed by atoms with van der Waals surface area (Å²) >= 11 is 0. The summed E-state index contributed by atoms with van der Waals surface area (Å²) in [4.78, 5) is 12.3. The van der Waals surface area contributed by atoms with Crippen LogP contribution in [0.15, 0.2) is 36.4 Å². The Morgan fingerprint density at radius 3 is 1.53 bits per heavy atom. The number of rotatable bonds is 10. The van der Waals surface area contributed by atoms with Crippen molar-refractivity contribution in [3.63, 3.8) is 0 Å². The molecule has 0 N–H and O–H groups in total. The van der Waals surface area contributed by atoms with Crippen molar-refractivity contribution in [3.05, 3.63) is 53.1 Å². The molecule has 0 unspecified atom stereocenters. The van der Waals surface area contributed by atoms with E-state index in [4.69, 9.17) is 23.7 Å². The lowest BCUT2D eigenvalue weighted by atomic mass is 10.1. The Labute approximate surface area is 177 Å². The Morgan fingerprint density at radius 2 is 1.17 bits per heavy atom. The fraction of sp³-hybridized carbons (Fsp3) is 0.292. The van der Waals surface area contributed by atoms with Crippen LogP contribution in [0.1, 0.15) is 23.6 Å². The van der Waals surface area contributed by atoms with Crippen LogP contribution in [0.5, 0.6) is 28.7 Å². The quantitative estimate of drug-likeness (QED) is 0.526. The molecule has 0 fully saturated rings. The maximum Gasteiger partial charge on any atom is 0.203 e. The summed E-state index contributed by atoms with van der Waals surface area (Å²) in [6.45, 7) is 4.29. The van der Waals surface area contributed by atoms with Crippen LogP contribution in [0.25, 0.3) is 12.2 Å². The van der Waals surface area contributed by atoms with Gasteiger partial charge in [-0.05, 0) is 61.4 Å². The minimum atomic E-state index is -0.166. The zero-order chi connectivity index (χ0) is 22.1. The van der Waals surface area contributed by atoms with Crippen molar-refractivity contribution in [2.75, 3.05) is 35.0 Å². The number of carbonyl (C=O) groups is 1. The molecule has 0 spiro atoms. The van der Waals surface area contributed by atoms with E-state index in [-0.39, 0.29) is 5.78 Å². The second kappa shape index (κ2) is 11.0. The fourth-order valence-electron chi connectivity index (χ4n) is 2.90. The first-order valence-corrected chi connectivity index (χ1v) is 9.48. The Hall–Kier alpha value is -3.41. The van der Waals surface area contributed by atoms with Gasteiger partial charge in [0.1, 0.15) is 11.5 Å². The second-order valence-corrected chi connectivity index (χ2v) is 6.31. The van der Waals surface area contributed by atoms with E-state index in [2.05, 4.69) is 0 Å². The highest BCUT2D eigenvalue weighted by molar-refractivity contribution is 6.04. The number of allylic oxidation sites excluding steroid dienone is 2. The molecule has 0 saturated heterocycles. The van der Waals surface area contributed by atoms with E-state index in [1.807, 2.05) is 26.0 Å². The van der Waals surface area contributed by atoms with Gasteiger partial charge in [0, 0.05) is 5.56 Å². The molecule has 160 valence electrons. The number of hydrogen-bond acceptors (Lipinski definition) is 6. The van der Waals surface area contributed by atoms with E-state index in [0.717, 1.165) is 16.7 Å². The maximum atomic E-state index is 12.3. The van der Waals surface area contributed by atoms with Crippen molar-refractivity contribution in [1.82, 2.24) is 0 Å². The second-order valence-electron chi connectivity index (χ2n) is 6.31. The molecular formula is C24H28O6. The van der Waals surface area contributed by atoms with Gasteiger partial charge in [-0.15, -0.1) is 0 Å². The van der Waals surface area contributed by atoms with Gasteiger partial charge in [-0.1, -0.05) is 12.2 Å². The minimum absolute atomic E-state index is 0.166. The zero-order valence-corrected chi connectivity index (χ0v) is 18.3. The predicted molar refractivity (Wildman–Crippen MR) is 118 cm³/mol. The first-order chi connectivity index (χ1) is 14.5. The fourth-order valence-corrected chi connectivity index (χ4v) is 2.90. The molecule has 2 rings (SSSR count). The molecule has 0 saturated carbocycles. The average molecular weight is 412 g/mol. The van der Waals surface area contributed by atoms with E-state index in [1.165, 1.54) is 12.2 Å². The van der Waals surface area contributed by atoms with Crippen molar-refractivity contribution in [2.45, 2.75) is 13.8 Å². The molecule has 0 bridgehead atoms. The monoisotopic (exact) mass is 412 g/mol. The van der Waals surface area contributed by atoms with Crippen LogP contribution in [0.2, 0.25) is 0 Å². The Bertz CT molecular complexity index is 893. The normalized spacial score (nSPS) is 11.0. The number of methoxy groups -OCH3 is 4. The van der Waals surface area contributed by atoms with Gasteiger partial charge in [-0.25, -0.2) is 0 Å². The van der Waals surface area contributed by atoms with Gasteiger partial charge in [-0.2, -0.15) is 0 Å².